The number of ether oxygens (including phenoxy) is 1. The first-order valence-electron chi connectivity index (χ1n) is 8.53. The smallest absolute Gasteiger partial charge is 0.246 e. The maximum absolute atomic E-state index is 14.4. The highest BCUT2D eigenvalue weighted by Gasteiger charge is 2.53. The maximum atomic E-state index is 14.4. The zero-order chi connectivity index (χ0) is 19.6. The summed E-state index contributed by atoms with van der Waals surface area (Å²) in [7, 11) is 3.03. The SMILES string of the molecule is CNC(=O)C(NC(=O)C1(c2ccc(Br)cc2F)CC1)c1cccc(OC)c1. The number of carbonyl (C=O) groups excluding carboxylic acids is 2. The predicted molar refractivity (Wildman–Crippen MR) is 103 cm³/mol. The third kappa shape index (κ3) is 3.83. The number of carbonyl (C=O) groups is 2. The molecular formula is C20H20BrFN2O3. The number of benzene rings is 2. The van der Waals surface area contributed by atoms with Gasteiger partial charge in [0, 0.05) is 17.1 Å². The van der Waals surface area contributed by atoms with Gasteiger partial charge in [-0.1, -0.05) is 34.1 Å². The van der Waals surface area contributed by atoms with E-state index in [1.807, 2.05) is 0 Å². The molecule has 7 heteroatoms. The molecule has 0 bridgehead atoms. The highest BCUT2D eigenvalue weighted by atomic mass is 79.9. The van der Waals surface area contributed by atoms with E-state index in [-0.39, 0.29) is 11.8 Å². The molecule has 1 atom stereocenters. The van der Waals surface area contributed by atoms with E-state index >= 15 is 0 Å². The average molecular weight is 435 g/mol. The van der Waals surface area contributed by atoms with Crippen molar-refractivity contribution in [2.24, 2.45) is 0 Å². The second-order valence-corrected chi connectivity index (χ2v) is 7.42. The molecule has 2 aromatic carbocycles. The Kier molecular flexibility index (Phi) is 5.51. The summed E-state index contributed by atoms with van der Waals surface area (Å²) in [5.74, 6) is -0.575. The van der Waals surface area contributed by atoms with Crippen LogP contribution in [-0.2, 0) is 15.0 Å². The highest BCUT2D eigenvalue weighted by Crippen LogP contribution is 2.50. The van der Waals surface area contributed by atoms with Crippen molar-refractivity contribution in [2.75, 3.05) is 14.2 Å². The largest absolute Gasteiger partial charge is 0.497 e. The maximum Gasteiger partial charge on any atom is 0.246 e. The molecule has 0 saturated heterocycles. The third-order valence-corrected chi connectivity index (χ3v) is 5.34. The van der Waals surface area contributed by atoms with Gasteiger partial charge in [0.15, 0.2) is 0 Å². The summed E-state index contributed by atoms with van der Waals surface area (Å²) in [6.07, 6.45) is 1.08. The van der Waals surface area contributed by atoms with Crippen LogP contribution in [0.4, 0.5) is 4.39 Å². The molecule has 1 fully saturated rings. The molecule has 142 valence electrons. The van der Waals surface area contributed by atoms with E-state index in [1.165, 1.54) is 20.2 Å². The van der Waals surface area contributed by atoms with Crippen molar-refractivity contribution >= 4 is 27.7 Å². The number of likely N-dealkylation sites (N-methyl/N-ethyl adjacent to an activating group) is 1. The summed E-state index contributed by atoms with van der Waals surface area (Å²) in [5.41, 5.74) is 0.00857. The van der Waals surface area contributed by atoms with Crippen molar-refractivity contribution < 1.29 is 18.7 Å². The molecule has 1 aliphatic carbocycles. The minimum absolute atomic E-state index is 0.351. The lowest BCUT2D eigenvalue weighted by Gasteiger charge is -2.23. The molecule has 2 aromatic rings. The number of methoxy groups -OCH3 is 1. The van der Waals surface area contributed by atoms with Crippen LogP contribution in [0.5, 0.6) is 5.75 Å². The first-order valence-corrected chi connectivity index (χ1v) is 9.32. The Bertz CT molecular complexity index is 883. The van der Waals surface area contributed by atoms with Crippen LogP contribution >= 0.6 is 15.9 Å². The third-order valence-electron chi connectivity index (χ3n) is 4.84. The number of hydrogen-bond donors (Lipinski definition) is 2. The van der Waals surface area contributed by atoms with Crippen LogP contribution in [0.25, 0.3) is 0 Å². The fraction of sp³-hybridized carbons (Fsp3) is 0.300. The van der Waals surface area contributed by atoms with Crippen molar-refractivity contribution in [2.45, 2.75) is 24.3 Å². The van der Waals surface area contributed by atoms with Gasteiger partial charge in [0.25, 0.3) is 0 Å². The van der Waals surface area contributed by atoms with Crippen molar-refractivity contribution in [1.29, 1.82) is 0 Å². The van der Waals surface area contributed by atoms with E-state index in [9.17, 15) is 14.0 Å². The van der Waals surface area contributed by atoms with E-state index in [0.29, 0.717) is 34.2 Å². The Hall–Kier alpha value is -2.41. The molecule has 0 aromatic heterocycles. The summed E-state index contributed by atoms with van der Waals surface area (Å²) < 4.78 is 20.2. The van der Waals surface area contributed by atoms with Crippen LogP contribution in [0, 0.1) is 5.82 Å². The van der Waals surface area contributed by atoms with Crippen LogP contribution in [0.3, 0.4) is 0 Å². The Morgan fingerprint density at radius 2 is 1.96 bits per heavy atom. The lowest BCUT2D eigenvalue weighted by molar-refractivity contribution is -0.130. The number of rotatable bonds is 6. The topological polar surface area (TPSA) is 67.4 Å². The van der Waals surface area contributed by atoms with Crippen LogP contribution in [0.1, 0.15) is 30.0 Å². The second kappa shape index (κ2) is 7.68. The molecule has 27 heavy (non-hydrogen) atoms. The fourth-order valence-electron chi connectivity index (χ4n) is 3.16. The van der Waals surface area contributed by atoms with Gasteiger partial charge in [-0.15, -0.1) is 0 Å². The van der Waals surface area contributed by atoms with Crippen molar-refractivity contribution in [3.63, 3.8) is 0 Å². The monoisotopic (exact) mass is 434 g/mol. The molecule has 1 saturated carbocycles. The van der Waals surface area contributed by atoms with Gasteiger partial charge in [-0.25, -0.2) is 4.39 Å². The van der Waals surface area contributed by atoms with Gasteiger partial charge >= 0.3 is 0 Å². The minimum atomic E-state index is -0.935. The molecular weight excluding hydrogens is 415 g/mol. The van der Waals surface area contributed by atoms with Crippen LogP contribution in [0.15, 0.2) is 46.9 Å². The van der Waals surface area contributed by atoms with E-state index < -0.39 is 17.3 Å². The van der Waals surface area contributed by atoms with E-state index in [4.69, 9.17) is 4.74 Å². The number of nitrogens with one attached hydrogen (secondary N) is 2. The lowest BCUT2D eigenvalue weighted by atomic mass is 9.93. The normalized spacial score (nSPS) is 15.6. The van der Waals surface area contributed by atoms with Gasteiger partial charge in [-0.05, 0) is 42.7 Å². The molecule has 3 rings (SSSR count). The zero-order valence-corrected chi connectivity index (χ0v) is 16.6. The molecule has 1 aliphatic rings. The fourth-order valence-corrected chi connectivity index (χ4v) is 3.49. The molecule has 2 N–H and O–H groups in total. The first-order chi connectivity index (χ1) is 12.9. The lowest BCUT2D eigenvalue weighted by Crippen LogP contribution is -2.43. The minimum Gasteiger partial charge on any atom is -0.497 e. The number of halogens is 2. The second-order valence-electron chi connectivity index (χ2n) is 6.50. The molecule has 2 amide bonds. The van der Waals surface area contributed by atoms with Gasteiger partial charge in [-0.3, -0.25) is 9.59 Å². The van der Waals surface area contributed by atoms with Gasteiger partial charge in [0.1, 0.15) is 17.6 Å². The average Bonchev–Trinajstić information content (AvgIpc) is 3.47. The summed E-state index contributed by atoms with van der Waals surface area (Å²) in [4.78, 5) is 25.4. The Balaban J connectivity index is 1.89. The molecule has 1 unspecified atom stereocenters. The van der Waals surface area contributed by atoms with Gasteiger partial charge < -0.3 is 15.4 Å². The summed E-state index contributed by atoms with van der Waals surface area (Å²) in [6, 6.07) is 10.7. The Labute approximate surface area is 165 Å². The molecule has 0 aliphatic heterocycles. The van der Waals surface area contributed by atoms with E-state index in [0.717, 1.165) is 0 Å². The van der Waals surface area contributed by atoms with Crippen molar-refractivity contribution in [3.8, 4) is 5.75 Å². The Morgan fingerprint density at radius 1 is 1.22 bits per heavy atom. The van der Waals surface area contributed by atoms with E-state index in [2.05, 4.69) is 26.6 Å². The van der Waals surface area contributed by atoms with Crippen molar-refractivity contribution in [1.82, 2.24) is 10.6 Å². The number of hydrogen-bond acceptors (Lipinski definition) is 3. The zero-order valence-electron chi connectivity index (χ0n) is 15.0. The molecule has 5 nitrogen and oxygen atoms in total. The van der Waals surface area contributed by atoms with Crippen LogP contribution in [0.2, 0.25) is 0 Å². The summed E-state index contributed by atoms with van der Waals surface area (Å²) in [5, 5.41) is 5.36. The quantitative estimate of drug-likeness (QED) is 0.733. The number of amides is 2. The van der Waals surface area contributed by atoms with Crippen LogP contribution < -0.4 is 15.4 Å². The highest BCUT2D eigenvalue weighted by molar-refractivity contribution is 9.10. The van der Waals surface area contributed by atoms with Crippen LogP contribution in [-0.4, -0.2) is 26.0 Å². The van der Waals surface area contributed by atoms with Gasteiger partial charge in [-0.2, -0.15) is 0 Å². The molecule has 0 radical (unpaired) electrons. The summed E-state index contributed by atoms with van der Waals surface area (Å²) in [6.45, 7) is 0. The molecule has 0 spiro atoms. The Morgan fingerprint density at radius 3 is 2.56 bits per heavy atom. The first kappa shape index (κ1) is 19.4. The van der Waals surface area contributed by atoms with Gasteiger partial charge in [0.05, 0.1) is 12.5 Å². The van der Waals surface area contributed by atoms with Gasteiger partial charge in [0.2, 0.25) is 11.8 Å². The molecule has 0 heterocycles. The standard InChI is InChI=1S/C20H20BrFN2O3/c1-23-18(25)17(12-4-3-5-14(10-12)27-2)24-19(26)20(8-9-20)15-7-6-13(21)11-16(15)22/h3-7,10-11,17H,8-9H2,1-2H3,(H,23,25)(H,24,26). The van der Waals surface area contributed by atoms with E-state index in [1.54, 1.807) is 36.4 Å². The predicted octanol–water partition coefficient (Wildman–Crippen LogP) is 3.23. The summed E-state index contributed by atoms with van der Waals surface area (Å²) >= 11 is 3.23. The van der Waals surface area contributed by atoms with Crippen molar-refractivity contribution in [3.05, 3.63) is 63.9 Å².